The van der Waals surface area contributed by atoms with E-state index in [1.165, 1.54) is 10.8 Å². The molecule has 0 unspecified atom stereocenters. The Balaban J connectivity index is 1.47. The van der Waals surface area contributed by atoms with Crippen molar-refractivity contribution in [3.8, 4) is 5.69 Å². The third-order valence-corrected chi connectivity index (χ3v) is 6.69. The molecule has 6 nitrogen and oxygen atoms in total. The van der Waals surface area contributed by atoms with Crippen molar-refractivity contribution in [1.29, 1.82) is 0 Å². The molecule has 0 aliphatic carbocycles. The van der Waals surface area contributed by atoms with Crippen LogP contribution in [-0.4, -0.2) is 26.7 Å². The lowest BCUT2D eigenvalue weighted by Crippen LogP contribution is -2.11. The fourth-order valence-electron chi connectivity index (χ4n) is 4.90. The van der Waals surface area contributed by atoms with Crippen LogP contribution >= 0.6 is 0 Å². The average molecular weight is 499 g/mol. The molecule has 0 aliphatic heterocycles. The van der Waals surface area contributed by atoms with Gasteiger partial charge in [-0.15, -0.1) is 0 Å². The molecular formula is C32H22N2O4. The minimum Gasteiger partial charge on any atom is -0.478 e. The summed E-state index contributed by atoms with van der Waals surface area (Å²) in [6.45, 7) is 0. The molecule has 1 heterocycles. The van der Waals surface area contributed by atoms with Crippen molar-refractivity contribution in [3.05, 3.63) is 132 Å². The van der Waals surface area contributed by atoms with E-state index in [9.17, 15) is 19.8 Å². The number of fused-ring (bicyclic) bond motifs is 3. The predicted molar refractivity (Wildman–Crippen MR) is 149 cm³/mol. The van der Waals surface area contributed by atoms with Crippen molar-refractivity contribution in [2.24, 2.45) is 0 Å². The highest BCUT2D eigenvalue weighted by Gasteiger charge is 2.16. The zero-order chi connectivity index (χ0) is 26.2. The van der Waals surface area contributed by atoms with Gasteiger partial charge < -0.3 is 19.7 Å². The number of carbonyl (C=O) groups is 2. The molecular weight excluding hydrogens is 476 g/mol. The SMILES string of the molecule is O=C(O)c1ccc(N(c2ccc(C(=O)O)cc2)c2ccc(-n3c4ccccc4c4ccccc43)cc2)cc1. The molecule has 0 spiro atoms. The predicted octanol–water partition coefficient (Wildman–Crippen LogP) is 7.65. The van der Waals surface area contributed by atoms with Crippen molar-refractivity contribution in [1.82, 2.24) is 4.57 Å². The maximum Gasteiger partial charge on any atom is 0.335 e. The molecule has 6 rings (SSSR count). The Labute approximate surface area is 218 Å². The van der Waals surface area contributed by atoms with Crippen LogP contribution < -0.4 is 4.90 Å². The number of hydrogen-bond donors (Lipinski definition) is 2. The summed E-state index contributed by atoms with van der Waals surface area (Å²) in [4.78, 5) is 24.7. The van der Waals surface area contributed by atoms with E-state index < -0.39 is 11.9 Å². The second-order valence-corrected chi connectivity index (χ2v) is 8.93. The molecule has 0 atom stereocenters. The number of benzene rings is 5. The summed E-state index contributed by atoms with van der Waals surface area (Å²) in [5.74, 6) is -1.99. The molecule has 184 valence electrons. The Morgan fingerprint density at radius 3 is 1.26 bits per heavy atom. The Bertz CT molecular complexity index is 1690. The van der Waals surface area contributed by atoms with Gasteiger partial charge in [0.15, 0.2) is 0 Å². The number of aromatic carboxylic acids is 2. The van der Waals surface area contributed by atoms with Crippen LogP contribution in [0.5, 0.6) is 0 Å². The fourth-order valence-corrected chi connectivity index (χ4v) is 4.90. The van der Waals surface area contributed by atoms with E-state index in [0.29, 0.717) is 0 Å². The van der Waals surface area contributed by atoms with Crippen molar-refractivity contribution in [2.45, 2.75) is 0 Å². The topological polar surface area (TPSA) is 82.8 Å². The third kappa shape index (κ3) is 3.94. The molecule has 0 bridgehead atoms. The quantitative estimate of drug-likeness (QED) is 0.246. The first kappa shape index (κ1) is 23.1. The zero-order valence-electron chi connectivity index (χ0n) is 20.2. The minimum atomic E-state index is -0.996. The van der Waals surface area contributed by atoms with Gasteiger partial charge in [0.25, 0.3) is 0 Å². The lowest BCUT2D eigenvalue weighted by molar-refractivity contribution is 0.0686. The summed E-state index contributed by atoms with van der Waals surface area (Å²) in [7, 11) is 0. The number of anilines is 3. The van der Waals surface area contributed by atoms with Crippen LogP contribution in [0.25, 0.3) is 27.5 Å². The number of hydrogen-bond acceptors (Lipinski definition) is 3. The Hall–Kier alpha value is -5.36. The van der Waals surface area contributed by atoms with Gasteiger partial charge >= 0.3 is 11.9 Å². The summed E-state index contributed by atoms with van der Waals surface area (Å²) in [5.41, 5.74) is 5.98. The van der Waals surface area contributed by atoms with Gasteiger partial charge in [-0.1, -0.05) is 36.4 Å². The van der Waals surface area contributed by atoms with E-state index in [1.807, 2.05) is 41.3 Å². The highest BCUT2D eigenvalue weighted by molar-refractivity contribution is 6.09. The smallest absolute Gasteiger partial charge is 0.335 e. The van der Waals surface area contributed by atoms with Gasteiger partial charge in [-0.25, -0.2) is 9.59 Å². The summed E-state index contributed by atoms with van der Waals surface area (Å²) in [6, 6.07) is 38.0. The van der Waals surface area contributed by atoms with Crippen molar-refractivity contribution in [3.63, 3.8) is 0 Å². The molecule has 6 heteroatoms. The molecule has 0 fully saturated rings. The molecule has 0 saturated carbocycles. The van der Waals surface area contributed by atoms with Crippen molar-refractivity contribution in [2.75, 3.05) is 4.90 Å². The van der Waals surface area contributed by atoms with E-state index in [-0.39, 0.29) is 11.1 Å². The molecule has 0 radical (unpaired) electrons. The first-order valence-corrected chi connectivity index (χ1v) is 12.1. The monoisotopic (exact) mass is 498 g/mol. The average Bonchev–Trinajstić information content (AvgIpc) is 3.29. The zero-order valence-corrected chi connectivity index (χ0v) is 20.2. The lowest BCUT2D eigenvalue weighted by atomic mass is 10.1. The van der Waals surface area contributed by atoms with Crippen LogP contribution in [0.1, 0.15) is 20.7 Å². The number of nitrogens with zero attached hydrogens (tertiary/aromatic N) is 2. The lowest BCUT2D eigenvalue weighted by Gasteiger charge is -2.26. The first-order chi connectivity index (χ1) is 18.5. The second-order valence-electron chi connectivity index (χ2n) is 8.93. The van der Waals surface area contributed by atoms with Crippen LogP contribution in [0, 0.1) is 0 Å². The Morgan fingerprint density at radius 1 is 0.500 bits per heavy atom. The van der Waals surface area contributed by atoms with Gasteiger partial charge in [0.2, 0.25) is 0 Å². The molecule has 6 aromatic rings. The summed E-state index contributed by atoms with van der Waals surface area (Å²) < 4.78 is 2.24. The molecule has 1 aromatic heterocycles. The van der Waals surface area contributed by atoms with Gasteiger partial charge in [-0.05, 0) is 84.9 Å². The standard InChI is InChI=1S/C32H22N2O4/c35-31(36)21-9-13-23(14-10-21)33(24-15-11-22(12-16-24)32(37)38)25-17-19-26(20-18-25)34-29-7-3-1-5-27(29)28-6-2-4-8-30(28)34/h1-20H,(H,35,36)(H,37,38). The van der Waals surface area contributed by atoms with Crippen LogP contribution in [0.4, 0.5) is 17.1 Å². The van der Waals surface area contributed by atoms with E-state index in [2.05, 4.69) is 41.0 Å². The number of aromatic nitrogens is 1. The van der Waals surface area contributed by atoms with E-state index in [1.54, 1.807) is 48.5 Å². The molecule has 0 amide bonds. The van der Waals surface area contributed by atoms with Gasteiger partial charge in [-0.2, -0.15) is 0 Å². The van der Waals surface area contributed by atoms with Crippen LogP contribution in [0.15, 0.2) is 121 Å². The summed E-state index contributed by atoms with van der Waals surface area (Å²) >= 11 is 0. The van der Waals surface area contributed by atoms with E-state index in [0.717, 1.165) is 33.8 Å². The summed E-state index contributed by atoms with van der Waals surface area (Å²) in [6.07, 6.45) is 0. The highest BCUT2D eigenvalue weighted by Crippen LogP contribution is 2.37. The largest absolute Gasteiger partial charge is 0.478 e. The van der Waals surface area contributed by atoms with Gasteiger partial charge in [0.05, 0.1) is 22.2 Å². The van der Waals surface area contributed by atoms with Gasteiger partial charge in [0, 0.05) is 33.5 Å². The number of carboxylic acids is 2. The highest BCUT2D eigenvalue weighted by atomic mass is 16.4. The fraction of sp³-hybridized carbons (Fsp3) is 0. The third-order valence-electron chi connectivity index (χ3n) is 6.69. The van der Waals surface area contributed by atoms with Crippen LogP contribution in [0.2, 0.25) is 0 Å². The molecule has 38 heavy (non-hydrogen) atoms. The van der Waals surface area contributed by atoms with Crippen LogP contribution in [0.3, 0.4) is 0 Å². The molecule has 0 aliphatic rings. The number of para-hydroxylation sites is 2. The van der Waals surface area contributed by atoms with Crippen LogP contribution in [-0.2, 0) is 0 Å². The maximum absolute atomic E-state index is 11.4. The number of rotatable bonds is 6. The maximum atomic E-state index is 11.4. The Kier molecular flexibility index (Phi) is 5.62. The van der Waals surface area contributed by atoms with Gasteiger partial charge in [-0.3, -0.25) is 0 Å². The molecule has 0 saturated heterocycles. The van der Waals surface area contributed by atoms with Crippen molar-refractivity contribution < 1.29 is 19.8 Å². The normalized spacial score (nSPS) is 11.1. The molecule has 5 aromatic carbocycles. The second kappa shape index (κ2) is 9.26. The van der Waals surface area contributed by atoms with Crippen molar-refractivity contribution >= 4 is 50.8 Å². The summed E-state index contributed by atoms with van der Waals surface area (Å²) in [5, 5.41) is 21.0. The molecule has 2 N–H and O–H groups in total. The van der Waals surface area contributed by atoms with E-state index >= 15 is 0 Å². The first-order valence-electron chi connectivity index (χ1n) is 12.1. The Morgan fingerprint density at radius 2 is 0.868 bits per heavy atom. The number of carboxylic acid groups (broad SMARTS) is 2. The van der Waals surface area contributed by atoms with E-state index in [4.69, 9.17) is 0 Å². The minimum absolute atomic E-state index is 0.191. The van der Waals surface area contributed by atoms with Gasteiger partial charge in [0.1, 0.15) is 0 Å².